The summed E-state index contributed by atoms with van der Waals surface area (Å²) in [6.45, 7) is 10.0. The molecule has 3 amide bonds. The summed E-state index contributed by atoms with van der Waals surface area (Å²) in [6.07, 6.45) is 7.76. The minimum absolute atomic E-state index is 0.00393. The van der Waals surface area contributed by atoms with Crippen LogP contribution < -0.4 is 25.8 Å². The van der Waals surface area contributed by atoms with E-state index in [-0.39, 0.29) is 73.2 Å². The van der Waals surface area contributed by atoms with Gasteiger partial charge in [-0.3, -0.25) is 28.9 Å². The average Bonchev–Trinajstić information content (AvgIpc) is 4.21. The molecule has 4 aromatic heterocycles. The number of hydrogen-bond acceptors (Lipinski definition) is 13. The van der Waals surface area contributed by atoms with Gasteiger partial charge in [0.15, 0.2) is 0 Å². The molecule has 7 N–H and O–H groups in total. The lowest BCUT2D eigenvalue weighted by Crippen LogP contribution is -2.57. The number of nitrogens with two attached hydrogens (primary N) is 1. The third-order valence-electron chi connectivity index (χ3n) is 13.0. The van der Waals surface area contributed by atoms with E-state index in [1.54, 1.807) is 54.1 Å². The number of nitrogens with one attached hydrogen (secondary N) is 4. The number of β-amino-alcohol motifs (C(OH)–C–C–N with tert-alkyl or cyclic N) is 1. The predicted octanol–water partition coefficient (Wildman–Crippen LogP) is 7.74. The molecule has 18 nitrogen and oxygen atoms in total. The highest BCUT2D eigenvalue weighted by molar-refractivity contribution is 7.92. The van der Waals surface area contributed by atoms with Crippen LogP contribution in [0.2, 0.25) is 0 Å². The number of benzene rings is 3. The van der Waals surface area contributed by atoms with E-state index in [9.17, 15) is 32.3 Å². The third kappa shape index (κ3) is 12.7. The van der Waals surface area contributed by atoms with Crippen molar-refractivity contribution in [3.63, 3.8) is 0 Å². The number of sulfonamides is 1. The van der Waals surface area contributed by atoms with E-state index in [1.807, 2.05) is 68.3 Å². The van der Waals surface area contributed by atoms with Crippen LogP contribution in [-0.2, 0) is 44.1 Å². The maximum Gasteiger partial charge on any atom is 0.246 e. The number of nitrogen functional groups attached to an aromatic ring is 1. The van der Waals surface area contributed by atoms with Gasteiger partial charge in [-0.15, -0.1) is 11.3 Å². The number of anilines is 2. The van der Waals surface area contributed by atoms with Gasteiger partial charge in [0.05, 0.1) is 50.7 Å². The molecule has 21 heteroatoms. The number of ether oxygens (including phenoxy) is 1. The quantitative estimate of drug-likeness (QED) is 0.0378. The number of H-pyrrole nitrogens is 1. The van der Waals surface area contributed by atoms with E-state index in [4.69, 9.17) is 10.5 Å². The first-order valence-electron chi connectivity index (χ1n) is 24.6. The van der Waals surface area contributed by atoms with E-state index in [1.165, 1.54) is 24.0 Å². The van der Waals surface area contributed by atoms with Gasteiger partial charge >= 0.3 is 0 Å². The van der Waals surface area contributed by atoms with Crippen LogP contribution in [0.4, 0.5) is 15.9 Å². The first-order valence-corrected chi connectivity index (χ1v) is 27.1. The smallest absolute Gasteiger partial charge is 0.246 e. The molecular weight excluding hydrogens is 986 g/mol. The highest BCUT2D eigenvalue weighted by Crippen LogP contribution is 2.39. The Hall–Kier alpha value is -7.23. The molecule has 3 atom stereocenters. The zero-order valence-electron chi connectivity index (χ0n) is 42.0. The van der Waals surface area contributed by atoms with Crippen LogP contribution >= 0.6 is 11.3 Å². The van der Waals surface area contributed by atoms with Gasteiger partial charge in [-0.1, -0.05) is 76.1 Å². The Bertz CT molecular complexity index is 3220. The zero-order valence-corrected chi connectivity index (χ0v) is 43.7. The lowest BCUT2D eigenvalue weighted by molar-refractivity contribution is -0.144. The van der Waals surface area contributed by atoms with Gasteiger partial charge in [-0.05, 0) is 73.1 Å². The van der Waals surface area contributed by atoms with E-state index in [0.717, 1.165) is 52.1 Å². The summed E-state index contributed by atoms with van der Waals surface area (Å²) < 4.78 is 49.2. The molecule has 5 heterocycles. The fourth-order valence-electron chi connectivity index (χ4n) is 8.88. The number of halogens is 1. The summed E-state index contributed by atoms with van der Waals surface area (Å²) >= 11 is 1.57. The van der Waals surface area contributed by atoms with Crippen LogP contribution in [0.3, 0.4) is 0 Å². The number of aliphatic hydroxyl groups is 1. The first kappa shape index (κ1) is 53.1. The Morgan fingerprint density at radius 2 is 1.70 bits per heavy atom. The molecule has 390 valence electrons. The normalized spacial score (nSPS) is 15.3. The predicted molar refractivity (Wildman–Crippen MR) is 284 cm³/mol. The SMILES string of the molecule is CCS(=O)(=O)Nc1ccc(-c2n[nH]c3c(-c4cnn(CCCCCCC(=O)N[C@H](C(=O)N5C[C@H](O)C[C@H]5C(=O)NCc5ccc(-c6scnc6C)cc5)C(C)(C)C)c4)cnc(N)c23)cc1OCc1ccc(F)cc1. The monoisotopic (exact) mass is 1050 g/mol. The molecule has 1 saturated heterocycles. The van der Waals surface area contributed by atoms with Crippen molar-refractivity contribution < 1.29 is 37.0 Å². The number of likely N-dealkylation sites (tertiary alicyclic amines) is 1. The van der Waals surface area contributed by atoms with Crippen LogP contribution in [0.1, 0.15) is 83.0 Å². The molecule has 1 fully saturated rings. The number of carbonyl (C=O) groups is 3. The number of hydrogen-bond donors (Lipinski definition) is 6. The summed E-state index contributed by atoms with van der Waals surface area (Å²) in [6, 6.07) is 16.9. The van der Waals surface area contributed by atoms with Gasteiger partial charge in [-0.2, -0.15) is 10.2 Å². The minimum Gasteiger partial charge on any atom is -0.487 e. The molecule has 1 aliphatic heterocycles. The van der Waals surface area contributed by atoms with Gasteiger partial charge in [-0.25, -0.2) is 22.8 Å². The van der Waals surface area contributed by atoms with Crippen molar-refractivity contribution in [1.29, 1.82) is 0 Å². The number of thiazole rings is 1. The van der Waals surface area contributed by atoms with Crippen LogP contribution in [0.15, 0.2) is 90.8 Å². The summed E-state index contributed by atoms with van der Waals surface area (Å²) in [7, 11) is -3.65. The van der Waals surface area contributed by atoms with Crippen LogP contribution in [0.25, 0.3) is 43.7 Å². The number of rotatable bonds is 21. The van der Waals surface area contributed by atoms with E-state index < -0.39 is 39.5 Å². The number of aliphatic hydroxyl groups excluding tert-OH is 1. The Morgan fingerprint density at radius 1 is 0.973 bits per heavy atom. The lowest BCUT2D eigenvalue weighted by Gasteiger charge is -2.35. The fraction of sp³-hybridized carbons (Fsp3) is 0.377. The maximum atomic E-state index is 14.1. The number of nitrogens with zero attached hydrogens (tertiary/aromatic N) is 6. The number of carbonyl (C=O) groups excluding carboxylic acids is 3. The van der Waals surface area contributed by atoms with Gasteiger partial charge in [0, 0.05) is 61.6 Å². The Kier molecular flexibility index (Phi) is 16.4. The molecule has 7 aromatic rings. The Labute approximate surface area is 433 Å². The number of aromatic nitrogens is 6. The topological polar surface area (TPSA) is 252 Å². The molecule has 0 aliphatic carbocycles. The Morgan fingerprint density at radius 3 is 2.42 bits per heavy atom. The van der Waals surface area contributed by atoms with Crippen LogP contribution in [0.5, 0.6) is 5.75 Å². The van der Waals surface area contributed by atoms with Gasteiger partial charge in [0.2, 0.25) is 27.7 Å². The molecule has 0 bridgehead atoms. The largest absolute Gasteiger partial charge is 0.487 e. The second kappa shape index (κ2) is 22.9. The van der Waals surface area contributed by atoms with Crippen molar-refractivity contribution in [3.8, 4) is 38.6 Å². The third-order valence-corrected chi connectivity index (χ3v) is 15.3. The molecule has 0 spiro atoms. The summed E-state index contributed by atoms with van der Waals surface area (Å²) in [5, 5.41) is 29.4. The van der Waals surface area contributed by atoms with E-state index in [2.05, 4.69) is 40.6 Å². The number of fused-ring (bicyclic) bond motifs is 1. The molecule has 0 saturated carbocycles. The summed E-state index contributed by atoms with van der Waals surface area (Å²) in [5.74, 6) is -1.08. The van der Waals surface area contributed by atoms with Crippen molar-refractivity contribution in [1.82, 2.24) is 45.5 Å². The van der Waals surface area contributed by atoms with Gasteiger partial charge in [0.1, 0.15) is 41.8 Å². The second-order valence-electron chi connectivity index (χ2n) is 19.6. The lowest BCUT2D eigenvalue weighted by atomic mass is 9.85. The number of pyridine rings is 1. The molecule has 0 unspecified atom stereocenters. The van der Waals surface area contributed by atoms with Crippen molar-refractivity contribution in [2.75, 3.05) is 22.8 Å². The standard InChI is InChI=1S/C53H62FN11O7S2/c1-6-74(70,71)63-41-21-18-36(23-43(41)72-30-34-14-19-38(54)20-15-34)46-45-47(62-61-46)40(27-56-50(45)55)37-26-59-64(28-37)22-10-8-7-9-11-44(67)60-49(53(3,4)5)52(69)65-29-39(66)24-42(65)51(68)57-25-33-12-16-35(17-13-33)48-32(2)58-31-73-48/h12-21,23,26-28,31,39,42,49,63,66H,6-11,22,24-25,29-30H2,1-5H3,(H2,55,56)(H,57,68)(H,60,67)(H,61,62)/t39-,42+,49-/m1/s1. The Balaban J connectivity index is 0.832. The highest BCUT2D eigenvalue weighted by Gasteiger charge is 2.44. The molecule has 74 heavy (non-hydrogen) atoms. The van der Waals surface area contributed by atoms with Crippen molar-refractivity contribution in [3.05, 3.63) is 113 Å². The molecule has 8 rings (SSSR count). The van der Waals surface area contributed by atoms with Gasteiger partial charge < -0.3 is 31.1 Å². The van der Waals surface area contributed by atoms with Gasteiger partial charge in [0.25, 0.3) is 0 Å². The first-order chi connectivity index (χ1) is 35.4. The zero-order chi connectivity index (χ0) is 52.7. The number of unbranched alkanes of at least 4 members (excludes halogenated alkanes) is 3. The minimum atomic E-state index is -3.65. The number of aryl methyl sites for hydroxylation is 2. The maximum absolute atomic E-state index is 14.1. The summed E-state index contributed by atoms with van der Waals surface area (Å²) in [4.78, 5) is 52.3. The fourth-order valence-corrected chi connectivity index (χ4v) is 10.3. The molecule has 3 aromatic carbocycles. The molecule has 0 radical (unpaired) electrons. The number of aromatic amines is 1. The molecular formula is C53H62FN11O7S2. The van der Waals surface area contributed by atoms with E-state index >= 15 is 0 Å². The average molecular weight is 1050 g/mol. The molecule has 1 aliphatic rings. The van der Waals surface area contributed by atoms with Crippen molar-refractivity contribution in [2.24, 2.45) is 5.41 Å². The van der Waals surface area contributed by atoms with E-state index in [0.29, 0.717) is 40.7 Å². The van der Waals surface area contributed by atoms with Crippen LogP contribution in [-0.4, -0.2) is 96.6 Å². The second-order valence-corrected chi connectivity index (χ2v) is 22.5. The number of amides is 3. The van der Waals surface area contributed by atoms with Crippen molar-refractivity contribution in [2.45, 2.75) is 111 Å². The van der Waals surface area contributed by atoms with Crippen LogP contribution in [0, 0.1) is 18.2 Å². The summed E-state index contributed by atoms with van der Waals surface area (Å²) in [5.41, 5.74) is 14.6. The van der Waals surface area contributed by atoms with Crippen molar-refractivity contribution >= 4 is 61.5 Å². The highest BCUT2D eigenvalue weighted by atomic mass is 32.2.